The van der Waals surface area contributed by atoms with Crippen molar-refractivity contribution in [2.45, 2.75) is 18.9 Å². The topological polar surface area (TPSA) is 117 Å². The zero-order valence-corrected chi connectivity index (χ0v) is 13.3. The van der Waals surface area contributed by atoms with Crippen LogP contribution in [0.25, 0.3) is 0 Å². The molecule has 1 aliphatic heterocycles. The Labute approximate surface area is 137 Å². The number of nitrogens with one attached hydrogen (secondary N) is 1. The summed E-state index contributed by atoms with van der Waals surface area (Å²) in [5.74, 6) is -2.95. The first-order valence-corrected chi connectivity index (χ1v) is 6.93. The number of benzene rings is 1. The smallest absolute Gasteiger partial charge is 0.405 e. The molecule has 0 saturated heterocycles. The number of anilines is 1. The number of ether oxygens (including phenoxy) is 2. The number of hydrogen-bond acceptors (Lipinski definition) is 7. The van der Waals surface area contributed by atoms with Gasteiger partial charge in [0.1, 0.15) is 5.92 Å². The van der Waals surface area contributed by atoms with E-state index in [2.05, 4.69) is 14.8 Å². The summed E-state index contributed by atoms with van der Waals surface area (Å²) in [7, 11) is 2.26. The van der Waals surface area contributed by atoms with E-state index in [0.717, 1.165) is 14.2 Å². The predicted octanol–water partition coefficient (Wildman–Crippen LogP) is 0.340. The second kappa shape index (κ2) is 6.99. The molecule has 0 bridgehead atoms. The lowest BCUT2D eigenvalue weighted by molar-refractivity contribution is -0.736. The highest BCUT2D eigenvalue weighted by Crippen LogP contribution is 2.31. The van der Waals surface area contributed by atoms with Crippen LogP contribution < -0.4 is 5.32 Å². The summed E-state index contributed by atoms with van der Waals surface area (Å²) in [6.45, 7) is 1.37. The molecule has 2 atom stereocenters. The molecule has 24 heavy (non-hydrogen) atoms. The van der Waals surface area contributed by atoms with E-state index in [1.807, 2.05) is 0 Å². The number of rotatable bonds is 4. The number of nitrogens with zero attached hydrogens (tertiary/aromatic N) is 1. The maximum atomic E-state index is 11.9. The zero-order valence-electron chi connectivity index (χ0n) is 13.3. The van der Waals surface area contributed by atoms with Crippen LogP contribution in [-0.2, 0) is 28.7 Å². The molecule has 0 spiro atoms. The van der Waals surface area contributed by atoms with Crippen LogP contribution in [0.4, 0.5) is 5.69 Å². The van der Waals surface area contributed by atoms with Crippen molar-refractivity contribution in [3.8, 4) is 0 Å². The maximum Gasteiger partial charge on any atom is 0.405 e. The van der Waals surface area contributed by atoms with Crippen molar-refractivity contribution in [1.29, 1.82) is 0 Å². The average Bonchev–Trinajstić information content (AvgIpc) is 2.91. The first-order valence-electron chi connectivity index (χ1n) is 6.93. The number of esters is 2. The van der Waals surface area contributed by atoms with Gasteiger partial charge in [0, 0.05) is 12.6 Å². The first kappa shape index (κ1) is 17.3. The third-order valence-corrected chi connectivity index (χ3v) is 3.42. The van der Waals surface area contributed by atoms with Crippen LogP contribution in [0.1, 0.15) is 18.4 Å². The van der Waals surface area contributed by atoms with E-state index in [1.54, 1.807) is 24.3 Å². The summed E-state index contributed by atoms with van der Waals surface area (Å²) in [6, 6.07) is 6.29. The van der Waals surface area contributed by atoms with Crippen LogP contribution in [0.2, 0.25) is 0 Å². The van der Waals surface area contributed by atoms with Gasteiger partial charge in [0.05, 0.1) is 19.1 Å². The SMILES string of the molecule is COC(=O)C1=[N+]([O-])O[C@H](C(=O)OC)[C@@H]1c1ccc(NC(C)=O)cc1. The molecular weight excluding hydrogens is 320 g/mol. The standard InChI is InChI=1S/C15H16N2O7/c1-8(18)16-10-6-4-9(5-7-10)11-12(14(19)22-2)17(21)24-13(11)15(20)23-3/h4-7,11,13H,1-3H3,(H,16,18)/t11-,13+/m1/s1. The minimum absolute atomic E-state index is 0.0280. The van der Waals surface area contributed by atoms with Gasteiger partial charge in [0.2, 0.25) is 5.91 Å². The molecular formula is C15H16N2O7. The Hall–Kier alpha value is -3.10. The van der Waals surface area contributed by atoms with E-state index in [0.29, 0.717) is 11.3 Å². The van der Waals surface area contributed by atoms with Gasteiger partial charge in [0.25, 0.3) is 0 Å². The molecule has 128 valence electrons. The van der Waals surface area contributed by atoms with Gasteiger partial charge in [-0.05, 0) is 17.7 Å². The van der Waals surface area contributed by atoms with Crippen LogP contribution in [0.15, 0.2) is 24.3 Å². The van der Waals surface area contributed by atoms with Crippen LogP contribution in [-0.4, -0.2) is 48.8 Å². The van der Waals surface area contributed by atoms with E-state index >= 15 is 0 Å². The Morgan fingerprint density at radius 3 is 2.29 bits per heavy atom. The van der Waals surface area contributed by atoms with Crippen LogP contribution >= 0.6 is 0 Å². The highest BCUT2D eigenvalue weighted by Gasteiger charge is 2.50. The van der Waals surface area contributed by atoms with Gasteiger partial charge in [-0.2, -0.15) is 0 Å². The molecule has 1 amide bonds. The highest BCUT2D eigenvalue weighted by molar-refractivity contribution is 6.37. The molecule has 1 N–H and O–H groups in total. The molecule has 1 aromatic rings. The van der Waals surface area contributed by atoms with Crippen molar-refractivity contribution in [3.05, 3.63) is 35.0 Å². The minimum Gasteiger partial charge on any atom is -0.468 e. The summed E-state index contributed by atoms with van der Waals surface area (Å²) < 4.78 is 9.21. The molecule has 0 saturated carbocycles. The number of methoxy groups -OCH3 is 2. The van der Waals surface area contributed by atoms with E-state index in [-0.39, 0.29) is 16.5 Å². The molecule has 0 aromatic heterocycles. The molecule has 0 aliphatic carbocycles. The molecule has 9 heteroatoms. The Kier molecular flexibility index (Phi) is 5.02. The normalized spacial score (nSPS) is 19.5. The average molecular weight is 336 g/mol. The molecule has 1 heterocycles. The summed E-state index contributed by atoms with van der Waals surface area (Å²) in [5.41, 5.74) is 0.622. The Bertz CT molecular complexity index is 696. The van der Waals surface area contributed by atoms with Gasteiger partial charge in [-0.15, -0.1) is 0 Å². The predicted molar refractivity (Wildman–Crippen MR) is 81.0 cm³/mol. The van der Waals surface area contributed by atoms with Crippen LogP contribution in [0.3, 0.4) is 0 Å². The van der Waals surface area contributed by atoms with Gasteiger partial charge in [0.15, 0.2) is 6.10 Å². The van der Waals surface area contributed by atoms with Crippen LogP contribution in [0.5, 0.6) is 0 Å². The summed E-state index contributed by atoms with van der Waals surface area (Å²) in [4.78, 5) is 39.7. The first-order chi connectivity index (χ1) is 11.4. The minimum atomic E-state index is -1.31. The third kappa shape index (κ3) is 3.29. The number of amides is 1. The molecule has 0 radical (unpaired) electrons. The number of hydrogen-bond donors (Lipinski definition) is 1. The molecule has 0 fully saturated rings. The fourth-order valence-electron chi connectivity index (χ4n) is 2.39. The largest absolute Gasteiger partial charge is 0.468 e. The fraction of sp³-hybridized carbons (Fsp3) is 0.333. The molecule has 9 nitrogen and oxygen atoms in total. The summed E-state index contributed by atoms with van der Waals surface area (Å²) >= 11 is 0. The van der Waals surface area contributed by atoms with Crippen molar-refractivity contribution in [3.63, 3.8) is 0 Å². The lowest BCUT2D eigenvalue weighted by atomic mass is 9.89. The van der Waals surface area contributed by atoms with Crippen molar-refractivity contribution >= 4 is 29.2 Å². The molecule has 1 aliphatic rings. The number of carbonyl (C=O) groups excluding carboxylic acids is 3. The van der Waals surface area contributed by atoms with E-state index in [9.17, 15) is 19.6 Å². The lowest BCUT2D eigenvalue weighted by Gasteiger charge is -2.17. The van der Waals surface area contributed by atoms with Gasteiger partial charge in [-0.1, -0.05) is 12.1 Å². The lowest BCUT2D eigenvalue weighted by Crippen LogP contribution is -2.33. The second-order valence-electron chi connectivity index (χ2n) is 4.96. The van der Waals surface area contributed by atoms with E-state index in [4.69, 9.17) is 4.84 Å². The van der Waals surface area contributed by atoms with Crippen molar-refractivity contribution in [1.82, 2.24) is 0 Å². The van der Waals surface area contributed by atoms with Crippen molar-refractivity contribution < 1.29 is 33.6 Å². The Morgan fingerprint density at radius 1 is 1.17 bits per heavy atom. The molecule has 2 rings (SSSR count). The monoisotopic (exact) mass is 336 g/mol. The summed E-state index contributed by atoms with van der Waals surface area (Å²) in [6.07, 6.45) is -1.31. The van der Waals surface area contributed by atoms with Crippen molar-refractivity contribution in [2.24, 2.45) is 0 Å². The second-order valence-corrected chi connectivity index (χ2v) is 4.96. The molecule has 0 unspecified atom stereocenters. The van der Waals surface area contributed by atoms with Gasteiger partial charge >= 0.3 is 17.7 Å². The van der Waals surface area contributed by atoms with Crippen LogP contribution in [0, 0.1) is 5.21 Å². The van der Waals surface area contributed by atoms with E-state index < -0.39 is 24.0 Å². The van der Waals surface area contributed by atoms with Crippen molar-refractivity contribution in [2.75, 3.05) is 19.5 Å². The zero-order chi connectivity index (χ0) is 17.9. The Balaban J connectivity index is 2.41. The highest BCUT2D eigenvalue weighted by atomic mass is 16.9. The quantitative estimate of drug-likeness (QED) is 0.622. The summed E-state index contributed by atoms with van der Waals surface area (Å²) in [5, 5.41) is 14.5. The maximum absolute atomic E-state index is 11.9. The van der Waals surface area contributed by atoms with Gasteiger partial charge in [-0.3, -0.25) is 14.8 Å². The van der Waals surface area contributed by atoms with Gasteiger partial charge < -0.3 is 19.6 Å². The number of carbonyl (C=O) groups is 3. The molecule has 1 aromatic carbocycles. The van der Waals surface area contributed by atoms with Gasteiger partial charge in [-0.25, -0.2) is 4.79 Å². The fourth-order valence-corrected chi connectivity index (χ4v) is 2.39. The van der Waals surface area contributed by atoms with E-state index in [1.165, 1.54) is 6.92 Å². The Morgan fingerprint density at radius 2 is 1.79 bits per heavy atom. The third-order valence-electron chi connectivity index (χ3n) is 3.42.